The van der Waals surface area contributed by atoms with Gasteiger partial charge in [-0.25, -0.2) is 8.42 Å². The predicted octanol–water partition coefficient (Wildman–Crippen LogP) is 3.10. The van der Waals surface area contributed by atoms with Gasteiger partial charge in [-0.2, -0.15) is 4.31 Å². The predicted molar refractivity (Wildman–Crippen MR) is 124 cm³/mol. The third kappa shape index (κ3) is 4.35. The van der Waals surface area contributed by atoms with Crippen molar-refractivity contribution in [2.45, 2.75) is 75.5 Å². The number of ether oxygens (including phenoxy) is 1. The van der Waals surface area contributed by atoms with Crippen molar-refractivity contribution in [1.29, 1.82) is 0 Å². The van der Waals surface area contributed by atoms with Gasteiger partial charge in [0.2, 0.25) is 21.8 Å². The Morgan fingerprint density at radius 3 is 2.45 bits per heavy atom. The third-order valence-electron chi connectivity index (χ3n) is 7.12. The minimum Gasteiger partial charge on any atom is -0.495 e. The number of carbonyl (C=O) groups excluding carboxylic acids is 2. The Hall–Kier alpha value is -1.84. The first-order valence-electron chi connectivity index (χ1n) is 11.6. The second kappa shape index (κ2) is 9.43. The van der Waals surface area contributed by atoms with E-state index in [0.717, 1.165) is 32.1 Å². The molecule has 2 saturated heterocycles. The zero-order valence-corrected chi connectivity index (χ0v) is 20.9. The highest BCUT2D eigenvalue weighted by atomic mass is 35.5. The molecular formula is C23H32ClN3O5S. The van der Waals surface area contributed by atoms with E-state index in [0.29, 0.717) is 0 Å². The monoisotopic (exact) mass is 497 g/mol. The van der Waals surface area contributed by atoms with Crippen molar-refractivity contribution < 1.29 is 22.7 Å². The number of hydrogen-bond donors (Lipinski definition) is 0. The van der Waals surface area contributed by atoms with Crippen LogP contribution in [0.25, 0.3) is 0 Å². The fourth-order valence-corrected chi connectivity index (χ4v) is 7.46. The standard InChI is InChI=1S/C23H32ClN3O5S/c1-15(2)25-14-20-26(33(30,31)19-13-17(24)9-10-18(19)32-3)12-11-21(28)27(20)22(23(25)29)16-7-5-4-6-8-16/h9-10,13,15-16,20,22H,4-8,11-12,14H2,1-3H3. The molecule has 10 heteroatoms. The molecule has 1 saturated carbocycles. The van der Waals surface area contributed by atoms with Crippen LogP contribution in [0.5, 0.6) is 5.75 Å². The number of methoxy groups -OCH3 is 1. The average molecular weight is 498 g/mol. The van der Waals surface area contributed by atoms with E-state index in [9.17, 15) is 18.0 Å². The molecular weight excluding hydrogens is 466 g/mol. The summed E-state index contributed by atoms with van der Waals surface area (Å²) in [6.45, 7) is 4.05. The van der Waals surface area contributed by atoms with Gasteiger partial charge in [0.15, 0.2) is 0 Å². The van der Waals surface area contributed by atoms with Gasteiger partial charge in [0, 0.05) is 24.0 Å². The highest BCUT2D eigenvalue weighted by Crippen LogP contribution is 2.39. The van der Waals surface area contributed by atoms with E-state index in [1.807, 2.05) is 13.8 Å². The molecule has 4 rings (SSSR count). The molecule has 2 heterocycles. The van der Waals surface area contributed by atoms with Gasteiger partial charge in [-0.15, -0.1) is 0 Å². The molecule has 1 aromatic carbocycles. The van der Waals surface area contributed by atoms with Gasteiger partial charge in [0.25, 0.3) is 0 Å². The highest BCUT2D eigenvalue weighted by molar-refractivity contribution is 7.89. The number of carbonyl (C=O) groups is 2. The molecule has 0 bridgehead atoms. The van der Waals surface area contributed by atoms with Gasteiger partial charge in [0.1, 0.15) is 22.9 Å². The van der Waals surface area contributed by atoms with E-state index in [1.54, 1.807) is 15.9 Å². The molecule has 0 spiro atoms. The fourth-order valence-electron chi connectivity index (χ4n) is 5.47. The quantitative estimate of drug-likeness (QED) is 0.623. The van der Waals surface area contributed by atoms with Crippen LogP contribution in [-0.2, 0) is 19.6 Å². The highest BCUT2D eigenvalue weighted by Gasteiger charge is 2.53. The zero-order chi connectivity index (χ0) is 23.9. The van der Waals surface area contributed by atoms with Crippen LogP contribution in [0.2, 0.25) is 5.02 Å². The number of sulfonamides is 1. The van der Waals surface area contributed by atoms with Crippen LogP contribution in [0.15, 0.2) is 23.1 Å². The van der Waals surface area contributed by atoms with Crippen molar-refractivity contribution in [3.8, 4) is 5.75 Å². The lowest BCUT2D eigenvalue weighted by Gasteiger charge is -2.54. The van der Waals surface area contributed by atoms with Crippen molar-refractivity contribution in [2.24, 2.45) is 5.92 Å². The molecule has 1 aromatic rings. The smallest absolute Gasteiger partial charge is 0.248 e. The summed E-state index contributed by atoms with van der Waals surface area (Å²) in [6.07, 6.45) is 4.18. The van der Waals surface area contributed by atoms with Gasteiger partial charge >= 0.3 is 0 Å². The molecule has 2 atom stereocenters. The molecule has 0 N–H and O–H groups in total. The maximum atomic E-state index is 13.9. The van der Waals surface area contributed by atoms with Crippen LogP contribution < -0.4 is 4.74 Å². The molecule has 2 unspecified atom stereocenters. The van der Waals surface area contributed by atoms with Gasteiger partial charge in [-0.3, -0.25) is 9.59 Å². The number of piperazine rings is 1. The number of amides is 2. The normalized spacial score (nSPS) is 25.5. The van der Waals surface area contributed by atoms with Crippen LogP contribution in [0.1, 0.15) is 52.4 Å². The first kappa shape index (κ1) is 24.3. The second-order valence-electron chi connectivity index (χ2n) is 9.37. The first-order valence-corrected chi connectivity index (χ1v) is 13.5. The summed E-state index contributed by atoms with van der Waals surface area (Å²) < 4.78 is 34.4. The molecule has 2 amide bonds. The van der Waals surface area contributed by atoms with E-state index >= 15 is 0 Å². The lowest BCUT2D eigenvalue weighted by Crippen LogP contribution is -2.73. The Morgan fingerprint density at radius 1 is 1.12 bits per heavy atom. The van der Waals surface area contributed by atoms with Crippen molar-refractivity contribution in [3.63, 3.8) is 0 Å². The number of benzene rings is 1. The van der Waals surface area contributed by atoms with Crippen molar-refractivity contribution in [2.75, 3.05) is 20.2 Å². The zero-order valence-electron chi connectivity index (χ0n) is 19.4. The summed E-state index contributed by atoms with van der Waals surface area (Å²) in [4.78, 5) is 30.0. The van der Waals surface area contributed by atoms with E-state index in [2.05, 4.69) is 0 Å². The molecule has 1 aliphatic carbocycles. The molecule has 0 radical (unpaired) electrons. The lowest BCUT2D eigenvalue weighted by molar-refractivity contribution is -0.171. The Bertz CT molecular complexity index is 1020. The maximum absolute atomic E-state index is 13.9. The number of fused-ring (bicyclic) bond motifs is 1. The molecule has 2 aliphatic heterocycles. The Kier molecular flexibility index (Phi) is 6.94. The minimum absolute atomic E-state index is 0.0333. The van der Waals surface area contributed by atoms with Gasteiger partial charge in [0.05, 0.1) is 13.7 Å². The minimum atomic E-state index is -4.05. The summed E-state index contributed by atoms with van der Waals surface area (Å²) in [6, 6.07) is 3.75. The summed E-state index contributed by atoms with van der Waals surface area (Å²) >= 11 is 6.13. The van der Waals surface area contributed by atoms with Crippen molar-refractivity contribution >= 4 is 33.4 Å². The van der Waals surface area contributed by atoms with Gasteiger partial charge in [-0.1, -0.05) is 30.9 Å². The van der Waals surface area contributed by atoms with Crippen LogP contribution in [0.4, 0.5) is 0 Å². The average Bonchev–Trinajstić information content (AvgIpc) is 2.79. The Morgan fingerprint density at radius 2 is 1.82 bits per heavy atom. The summed E-state index contributed by atoms with van der Waals surface area (Å²) in [5, 5.41) is 0.280. The topological polar surface area (TPSA) is 87.2 Å². The van der Waals surface area contributed by atoms with Crippen molar-refractivity contribution in [3.05, 3.63) is 23.2 Å². The van der Waals surface area contributed by atoms with Crippen LogP contribution in [-0.4, -0.2) is 72.8 Å². The van der Waals surface area contributed by atoms with Crippen LogP contribution in [0.3, 0.4) is 0 Å². The number of halogens is 1. The summed E-state index contributed by atoms with van der Waals surface area (Å²) in [5.74, 6) is 0.0137. The van der Waals surface area contributed by atoms with Crippen LogP contribution >= 0.6 is 11.6 Å². The fraction of sp³-hybridized carbons (Fsp3) is 0.652. The maximum Gasteiger partial charge on any atom is 0.248 e. The molecule has 3 fully saturated rings. The molecule has 8 nitrogen and oxygen atoms in total. The van der Waals surface area contributed by atoms with E-state index in [4.69, 9.17) is 16.3 Å². The van der Waals surface area contributed by atoms with E-state index in [-0.39, 0.29) is 59.0 Å². The molecule has 33 heavy (non-hydrogen) atoms. The molecule has 3 aliphatic rings. The van der Waals surface area contributed by atoms with Crippen molar-refractivity contribution in [1.82, 2.24) is 14.1 Å². The summed E-state index contributed by atoms with van der Waals surface area (Å²) in [7, 11) is -2.64. The Balaban J connectivity index is 1.79. The first-order chi connectivity index (χ1) is 15.7. The largest absolute Gasteiger partial charge is 0.495 e. The lowest BCUT2D eigenvalue weighted by atomic mass is 9.81. The summed E-state index contributed by atoms with van der Waals surface area (Å²) in [5.41, 5.74) is 0. The second-order valence-corrected chi connectivity index (χ2v) is 11.7. The number of hydrogen-bond acceptors (Lipinski definition) is 5. The molecule has 182 valence electrons. The van der Waals surface area contributed by atoms with E-state index in [1.165, 1.54) is 23.5 Å². The Labute approximate surface area is 200 Å². The van der Waals surface area contributed by atoms with E-state index < -0.39 is 22.2 Å². The van der Waals surface area contributed by atoms with Gasteiger partial charge in [-0.05, 0) is 50.8 Å². The third-order valence-corrected chi connectivity index (χ3v) is 9.27. The number of rotatable bonds is 5. The van der Waals surface area contributed by atoms with Crippen LogP contribution in [0, 0.1) is 5.92 Å². The van der Waals surface area contributed by atoms with Gasteiger partial charge < -0.3 is 14.5 Å². The SMILES string of the molecule is COc1ccc(Cl)cc1S(=O)(=O)N1CCC(=O)N2C(C3CCCCC3)C(=O)N(C(C)C)CC21. The molecule has 0 aromatic heterocycles. The number of nitrogens with zero attached hydrogens (tertiary/aromatic N) is 3.